The maximum absolute atomic E-state index is 3.78. The van der Waals surface area contributed by atoms with Crippen LogP contribution in [0.3, 0.4) is 0 Å². The number of aryl methyl sites for hydroxylation is 2. The van der Waals surface area contributed by atoms with Crippen LogP contribution < -0.4 is 5.32 Å². The Kier molecular flexibility index (Phi) is 4.37. The SMILES string of the molecule is Cc1ccc(C(C)NCC2CC3CCC(C2)N3C)cc1C. The third kappa shape index (κ3) is 3.17. The summed E-state index contributed by atoms with van der Waals surface area (Å²) in [6, 6.07) is 9.03. The molecule has 2 fully saturated rings. The lowest BCUT2D eigenvalue weighted by Gasteiger charge is -2.36. The highest BCUT2D eigenvalue weighted by Crippen LogP contribution is 2.37. The minimum absolute atomic E-state index is 0.460. The highest BCUT2D eigenvalue weighted by Gasteiger charge is 2.38. The highest BCUT2D eigenvalue weighted by atomic mass is 15.2. The fourth-order valence-electron chi connectivity index (χ4n) is 4.19. The van der Waals surface area contributed by atoms with E-state index in [1.54, 1.807) is 0 Å². The normalized spacial score (nSPS) is 30.6. The van der Waals surface area contributed by atoms with Gasteiger partial charge in [0.15, 0.2) is 0 Å². The van der Waals surface area contributed by atoms with Gasteiger partial charge in [0.2, 0.25) is 0 Å². The Balaban J connectivity index is 1.54. The van der Waals surface area contributed by atoms with Gasteiger partial charge in [-0.05, 0) is 82.7 Å². The predicted octanol–water partition coefficient (Wildman–Crippen LogP) is 3.83. The number of nitrogens with zero attached hydrogens (tertiary/aromatic N) is 1. The zero-order valence-electron chi connectivity index (χ0n) is 14.0. The zero-order chi connectivity index (χ0) is 15.0. The van der Waals surface area contributed by atoms with Gasteiger partial charge in [0.25, 0.3) is 0 Å². The topological polar surface area (TPSA) is 15.3 Å². The van der Waals surface area contributed by atoms with Gasteiger partial charge in [-0.3, -0.25) is 0 Å². The molecular formula is C19H30N2. The van der Waals surface area contributed by atoms with Crippen molar-refractivity contribution in [3.05, 3.63) is 34.9 Å². The molecule has 2 aliphatic rings. The second-order valence-corrected chi connectivity index (χ2v) is 7.36. The van der Waals surface area contributed by atoms with Gasteiger partial charge in [-0.2, -0.15) is 0 Å². The number of piperidine rings is 1. The standard InChI is InChI=1S/C19H30N2/c1-13-5-6-17(9-14(13)2)15(3)20-12-16-10-18-7-8-19(11-16)21(18)4/h5-6,9,15-16,18-20H,7-8,10-12H2,1-4H3. The van der Waals surface area contributed by atoms with Gasteiger partial charge >= 0.3 is 0 Å². The number of fused-ring (bicyclic) bond motifs is 2. The molecule has 0 spiro atoms. The molecule has 0 amide bonds. The van der Waals surface area contributed by atoms with Gasteiger partial charge in [-0.15, -0.1) is 0 Å². The second-order valence-electron chi connectivity index (χ2n) is 7.36. The number of benzene rings is 1. The van der Waals surface area contributed by atoms with E-state index in [2.05, 4.69) is 56.2 Å². The number of rotatable bonds is 4. The molecule has 1 aromatic rings. The molecule has 116 valence electrons. The molecule has 1 N–H and O–H groups in total. The van der Waals surface area contributed by atoms with Crippen molar-refractivity contribution < 1.29 is 0 Å². The van der Waals surface area contributed by atoms with Crippen LogP contribution in [-0.4, -0.2) is 30.6 Å². The third-order valence-electron chi connectivity index (χ3n) is 5.94. The molecule has 0 aliphatic carbocycles. The number of hydrogen-bond acceptors (Lipinski definition) is 2. The largest absolute Gasteiger partial charge is 0.310 e. The van der Waals surface area contributed by atoms with Crippen molar-refractivity contribution >= 4 is 0 Å². The lowest BCUT2D eigenvalue weighted by Crippen LogP contribution is -2.42. The molecule has 3 atom stereocenters. The molecule has 2 saturated heterocycles. The summed E-state index contributed by atoms with van der Waals surface area (Å²) in [7, 11) is 2.32. The van der Waals surface area contributed by atoms with Gasteiger partial charge in [-0.25, -0.2) is 0 Å². The molecule has 0 radical (unpaired) electrons. The Morgan fingerprint density at radius 3 is 2.43 bits per heavy atom. The van der Waals surface area contributed by atoms with Crippen LogP contribution in [0.5, 0.6) is 0 Å². The molecule has 2 aliphatic heterocycles. The summed E-state index contributed by atoms with van der Waals surface area (Å²) in [5, 5.41) is 3.78. The van der Waals surface area contributed by atoms with E-state index in [1.165, 1.54) is 48.9 Å². The summed E-state index contributed by atoms with van der Waals surface area (Å²) in [5.74, 6) is 0.868. The summed E-state index contributed by atoms with van der Waals surface area (Å²) in [6.45, 7) is 7.87. The second kappa shape index (κ2) is 6.10. The van der Waals surface area contributed by atoms with Crippen molar-refractivity contribution in [2.45, 2.75) is 64.6 Å². The highest BCUT2D eigenvalue weighted by molar-refractivity contribution is 5.31. The predicted molar refractivity (Wildman–Crippen MR) is 89.6 cm³/mol. The summed E-state index contributed by atoms with van der Waals surface area (Å²) >= 11 is 0. The van der Waals surface area contributed by atoms with Crippen molar-refractivity contribution in [1.29, 1.82) is 0 Å². The Morgan fingerprint density at radius 1 is 1.14 bits per heavy atom. The van der Waals surface area contributed by atoms with Crippen molar-refractivity contribution in [3.63, 3.8) is 0 Å². The van der Waals surface area contributed by atoms with E-state index in [9.17, 15) is 0 Å². The van der Waals surface area contributed by atoms with Crippen LogP contribution in [0.15, 0.2) is 18.2 Å². The third-order valence-corrected chi connectivity index (χ3v) is 5.94. The number of hydrogen-bond donors (Lipinski definition) is 1. The van der Waals surface area contributed by atoms with Crippen LogP contribution in [0.4, 0.5) is 0 Å². The summed E-state index contributed by atoms with van der Waals surface area (Å²) in [6.07, 6.45) is 5.62. The van der Waals surface area contributed by atoms with E-state index < -0.39 is 0 Å². The average molecular weight is 286 g/mol. The van der Waals surface area contributed by atoms with E-state index in [0.717, 1.165) is 18.0 Å². The van der Waals surface area contributed by atoms with Crippen LogP contribution >= 0.6 is 0 Å². The van der Waals surface area contributed by atoms with Crippen LogP contribution in [0.2, 0.25) is 0 Å². The quantitative estimate of drug-likeness (QED) is 0.905. The molecule has 2 bridgehead atoms. The molecule has 3 unspecified atom stereocenters. The van der Waals surface area contributed by atoms with Gasteiger partial charge in [-0.1, -0.05) is 18.2 Å². The van der Waals surface area contributed by atoms with Gasteiger partial charge < -0.3 is 10.2 Å². The molecule has 0 aromatic heterocycles. The fraction of sp³-hybridized carbons (Fsp3) is 0.684. The van der Waals surface area contributed by atoms with Crippen molar-refractivity contribution in [2.75, 3.05) is 13.6 Å². The first-order valence-corrected chi connectivity index (χ1v) is 8.57. The molecule has 1 aromatic carbocycles. The molecule has 2 heteroatoms. The number of nitrogens with one attached hydrogen (secondary N) is 1. The van der Waals surface area contributed by atoms with Gasteiger partial charge in [0.05, 0.1) is 0 Å². The fourth-order valence-corrected chi connectivity index (χ4v) is 4.19. The van der Waals surface area contributed by atoms with Crippen LogP contribution in [-0.2, 0) is 0 Å². The van der Waals surface area contributed by atoms with Gasteiger partial charge in [0, 0.05) is 18.1 Å². The summed E-state index contributed by atoms with van der Waals surface area (Å²) in [4.78, 5) is 2.63. The molecule has 2 heterocycles. The minimum atomic E-state index is 0.460. The molecule has 21 heavy (non-hydrogen) atoms. The molecule has 0 saturated carbocycles. The van der Waals surface area contributed by atoms with E-state index in [4.69, 9.17) is 0 Å². The molecule has 2 nitrogen and oxygen atoms in total. The maximum atomic E-state index is 3.78. The van der Waals surface area contributed by atoms with E-state index in [1.807, 2.05) is 0 Å². The lowest BCUT2D eigenvalue weighted by atomic mass is 9.90. The van der Waals surface area contributed by atoms with Crippen molar-refractivity contribution in [2.24, 2.45) is 5.92 Å². The van der Waals surface area contributed by atoms with Crippen LogP contribution in [0.25, 0.3) is 0 Å². The summed E-state index contributed by atoms with van der Waals surface area (Å²) < 4.78 is 0. The molecule has 3 rings (SSSR count). The Bertz CT molecular complexity index is 482. The smallest absolute Gasteiger partial charge is 0.0292 e. The Hall–Kier alpha value is -0.860. The Morgan fingerprint density at radius 2 is 1.81 bits per heavy atom. The van der Waals surface area contributed by atoms with Crippen molar-refractivity contribution in [3.8, 4) is 0 Å². The molecular weight excluding hydrogens is 256 g/mol. The summed E-state index contributed by atoms with van der Waals surface area (Å²) in [5.41, 5.74) is 4.21. The Labute approximate surface area is 129 Å². The first kappa shape index (κ1) is 15.1. The van der Waals surface area contributed by atoms with E-state index in [-0.39, 0.29) is 0 Å². The van der Waals surface area contributed by atoms with Gasteiger partial charge in [0.1, 0.15) is 0 Å². The van der Waals surface area contributed by atoms with Crippen LogP contribution in [0, 0.1) is 19.8 Å². The first-order chi connectivity index (χ1) is 10.0. The average Bonchev–Trinajstić information content (AvgIpc) is 2.69. The monoisotopic (exact) mass is 286 g/mol. The van der Waals surface area contributed by atoms with E-state index in [0.29, 0.717) is 6.04 Å². The van der Waals surface area contributed by atoms with Crippen LogP contribution in [0.1, 0.15) is 55.3 Å². The first-order valence-electron chi connectivity index (χ1n) is 8.57. The van der Waals surface area contributed by atoms with Crippen molar-refractivity contribution in [1.82, 2.24) is 10.2 Å². The maximum Gasteiger partial charge on any atom is 0.0292 e. The van der Waals surface area contributed by atoms with E-state index >= 15 is 0 Å². The zero-order valence-corrected chi connectivity index (χ0v) is 14.0. The lowest BCUT2D eigenvalue weighted by molar-refractivity contribution is 0.131. The minimum Gasteiger partial charge on any atom is -0.310 e.